The lowest BCUT2D eigenvalue weighted by atomic mass is 9.87. The molecule has 0 heterocycles. The van der Waals surface area contributed by atoms with E-state index in [-0.39, 0.29) is 6.04 Å². The first-order valence-corrected chi connectivity index (χ1v) is 7.17. The van der Waals surface area contributed by atoms with Crippen LogP contribution in [0.4, 0.5) is 5.69 Å². The molecule has 1 fully saturated rings. The molecule has 1 saturated carbocycles. The van der Waals surface area contributed by atoms with Gasteiger partial charge in [-0.15, -0.1) is 0 Å². The molecule has 3 N–H and O–H groups in total. The topological polar surface area (TPSA) is 72.2 Å². The molecule has 0 aromatic heterocycles. The molecule has 2 rings (SSSR count). The van der Waals surface area contributed by atoms with Crippen LogP contribution in [0.2, 0.25) is 0 Å². The van der Waals surface area contributed by atoms with E-state index < -0.39 is 9.84 Å². The molecule has 0 saturated heterocycles. The van der Waals surface area contributed by atoms with Gasteiger partial charge in [-0.1, -0.05) is 12.1 Å². The molecule has 1 aliphatic rings. The molecule has 0 bridgehead atoms. The van der Waals surface area contributed by atoms with E-state index in [1.807, 2.05) is 6.07 Å². The number of sulfone groups is 1. The smallest absolute Gasteiger partial charge is 0.177 e. The van der Waals surface area contributed by atoms with E-state index in [1.54, 1.807) is 18.2 Å². The summed E-state index contributed by atoms with van der Waals surface area (Å²) in [5.41, 5.74) is 6.37. The highest BCUT2D eigenvalue weighted by Gasteiger charge is 2.26. The van der Waals surface area contributed by atoms with Gasteiger partial charge >= 0.3 is 0 Å². The Bertz CT molecular complexity index is 479. The zero-order valence-electron chi connectivity index (χ0n) is 9.18. The average molecular weight is 240 g/mol. The van der Waals surface area contributed by atoms with Gasteiger partial charge in [-0.2, -0.15) is 0 Å². The fourth-order valence-corrected chi connectivity index (χ4v) is 2.76. The number of para-hydroxylation sites is 1. The Morgan fingerprint density at radius 3 is 2.50 bits per heavy atom. The van der Waals surface area contributed by atoms with Crippen molar-refractivity contribution in [3.63, 3.8) is 0 Å². The lowest BCUT2D eigenvalue weighted by Gasteiger charge is -2.34. The minimum atomic E-state index is -3.17. The van der Waals surface area contributed by atoms with Crippen LogP contribution < -0.4 is 11.1 Å². The van der Waals surface area contributed by atoms with Crippen molar-refractivity contribution in [2.24, 2.45) is 5.73 Å². The quantitative estimate of drug-likeness (QED) is 0.826. The Labute approximate surface area is 95.8 Å². The molecule has 16 heavy (non-hydrogen) atoms. The minimum Gasteiger partial charge on any atom is -0.381 e. The standard InChI is InChI=1S/C11H16N2O2S/c1-16(14,15)11-5-3-2-4-10(11)13-9-6-8(12)7-9/h2-5,8-9,13H,6-7,12H2,1H3. The number of hydrogen-bond acceptors (Lipinski definition) is 4. The number of benzene rings is 1. The highest BCUT2D eigenvalue weighted by atomic mass is 32.2. The van der Waals surface area contributed by atoms with Crippen molar-refractivity contribution in [2.45, 2.75) is 29.8 Å². The van der Waals surface area contributed by atoms with Crippen LogP contribution in [0.25, 0.3) is 0 Å². The lowest BCUT2D eigenvalue weighted by Crippen LogP contribution is -2.44. The molecular formula is C11H16N2O2S. The highest BCUT2D eigenvalue weighted by molar-refractivity contribution is 7.90. The molecule has 0 radical (unpaired) electrons. The van der Waals surface area contributed by atoms with E-state index in [1.165, 1.54) is 6.26 Å². The zero-order chi connectivity index (χ0) is 11.8. The predicted octanol–water partition coefficient (Wildman–Crippen LogP) is 0.992. The molecule has 1 aromatic carbocycles. The van der Waals surface area contributed by atoms with Crippen molar-refractivity contribution in [2.75, 3.05) is 11.6 Å². The van der Waals surface area contributed by atoms with Gasteiger partial charge in [-0.25, -0.2) is 8.42 Å². The molecule has 0 atom stereocenters. The van der Waals surface area contributed by atoms with Crippen molar-refractivity contribution in [1.82, 2.24) is 0 Å². The van der Waals surface area contributed by atoms with Gasteiger partial charge in [0.05, 0.1) is 10.6 Å². The summed E-state index contributed by atoms with van der Waals surface area (Å²) in [6.07, 6.45) is 3.02. The van der Waals surface area contributed by atoms with Crippen molar-refractivity contribution >= 4 is 15.5 Å². The summed E-state index contributed by atoms with van der Waals surface area (Å²) < 4.78 is 23.1. The van der Waals surface area contributed by atoms with Crippen LogP contribution in [0, 0.1) is 0 Å². The van der Waals surface area contributed by atoms with Gasteiger partial charge in [0.25, 0.3) is 0 Å². The third kappa shape index (κ3) is 2.36. The van der Waals surface area contributed by atoms with Crippen LogP contribution in [-0.4, -0.2) is 26.8 Å². The maximum absolute atomic E-state index is 11.5. The minimum absolute atomic E-state index is 0.253. The summed E-state index contributed by atoms with van der Waals surface area (Å²) >= 11 is 0. The first kappa shape index (κ1) is 11.4. The largest absolute Gasteiger partial charge is 0.381 e. The molecule has 0 aliphatic heterocycles. The Balaban J connectivity index is 2.21. The number of rotatable bonds is 3. The maximum Gasteiger partial charge on any atom is 0.177 e. The van der Waals surface area contributed by atoms with Crippen LogP contribution in [-0.2, 0) is 9.84 Å². The summed E-state index contributed by atoms with van der Waals surface area (Å²) in [5, 5.41) is 3.22. The first-order valence-electron chi connectivity index (χ1n) is 5.28. The van der Waals surface area contributed by atoms with E-state index in [2.05, 4.69) is 5.32 Å². The molecule has 0 unspecified atom stereocenters. The summed E-state index contributed by atoms with van der Waals surface area (Å²) in [4.78, 5) is 0.357. The summed E-state index contributed by atoms with van der Waals surface area (Å²) in [7, 11) is -3.17. The van der Waals surface area contributed by atoms with Gasteiger partial charge in [0.2, 0.25) is 0 Å². The van der Waals surface area contributed by atoms with E-state index in [0.29, 0.717) is 16.6 Å². The molecule has 0 amide bonds. The van der Waals surface area contributed by atoms with Crippen molar-refractivity contribution in [3.8, 4) is 0 Å². The second-order valence-corrected chi connectivity index (χ2v) is 6.33. The third-order valence-corrected chi connectivity index (χ3v) is 3.98. The Hall–Kier alpha value is -1.07. The van der Waals surface area contributed by atoms with Gasteiger partial charge in [-0.3, -0.25) is 0 Å². The van der Waals surface area contributed by atoms with Crippen LogP contribution >= 0.6 is 0 Å². The van der Waals surface area contributed by atoms with Crippen LogP contribution in [0.1, 0.15) is 12.8 Å². The third-order valence-electron chi connectivity index (χ3n) is 2.82. The average Bonchev–Trinajstić information content (AvgIpc) is 2.14. The number of anilines is 1. The summed E-state index contributed by atoms with van der Waals surface area (Å²) in [6.45, 7) is 0. The Morgan fingerprint density at radius 2 is 1.94 bits per heavy atom. The molecule has 5 heteroatoms. The monoisotopic (exact) mass is 240 g/mol. The molecule has 1 aromatic rings. The fourth-order valence-electron chi connectivity index (χ4n) is 1.91. The summed E-state index contributed by atoms with van der Waals surface area (Å²) in [6, 6.07) is 7.53. The Morgan fingerprint density at radius 1 is 1.31 bits per heavy atom. The molecule has 1 aliphatic carbocycles. The second-order valence-electron chi connectivity index (χ2n) is 4.34. The van der Waals surface area contributed by atoms with Crippen LogP contribution in [0.5, 0.6) is 0 Å². The van der Waals surface area contributed by atoms with Gasteiger partial charge in [-0.05, 0) is 25.0 Å². The number of hydrogen-bond donors (Lipinski definition) is 2. The second kappa shape index (κ2) is 4.07. The van der Waals surface area contributed by atoms with Gasteiger partial charge < -0.3 is 11.1 Å². The maximum atomic E-state index is 11.5. The van der Waals surface area contributed by atoms with Crippen LogP contribution in [0.3, 0.4) is 0 Å². The fraction of sp³-hybridized carbons (Fsp3) is 0.455. The zero-order valence-corrected chi connectivity index (χ0v) is 10.00. The SMILES string of the molecule is CS(=O)(=O)c1ccccc1NC1CC(N)C1. The lowest BCUT2D eigenvalue weighted by molar-refractivity contribution is 0.373. The van der Waals surface area contributed by atoms with Crippen molar-refractivity contribution in [1.29, 1.82) is 0 Å². The Kier molecular flexibility index (Phi) is 2.90. The molecule has 88 valence electrons. The van der Waals surface area contributed by atoms with Gasteiger partial charge in [0, 0.05) is 18.3 Å². The van der Waals surface area contributed by atoms with E-state index >= 15 is 0 Å². The number of nitrogens with two attached hydrogens (primary N) is 1. The van der Waals surface area contributed by atoms with Gasteiger partial charge in [0.1, 0.15) is 0 Å². The van der Waals surface area contributed by atoms with Crippen molar-refractivity contribution < 1.29 is 8.42 Å². The molecule has 0 spiro atoms. The van der Waals surface area contributed by atoms with E-state index in [4.69, 9.17) is 5.73 Å². The van der Waals surface area contributed by atoms with Crippen LogP contribution in [0.15, 0.2) is 29.2 Å². The normalized spacial score (nSPS) is 24.9. The van der Waals surface area contributed by atoms with E-state index in [9.17, 15) is 8.42 Å². The number of nitrogens with one attached hydrogen (secondary N) is 1. The first-order chi connectivity index (χ1) is 7.47. The van der Waals surface area contributed by atoms with Gasteiger partial charge in [0.15, 0.2) is 9.84 Å². The predicted molar refractivity (Wildman–Crippen MR) is 64.2 cm³/mol. The molecular weight excluding hydrogens is 224 g/mol. The summed E-state index contributed by atoms with van der Waals surface area (Å²) in [5.74, 6) is 0. The van der Waals surface area contributed by atoms with Crippen molar-refractivity contribution in [3.05, 3.63) is 24.3 Å². The van der Waals surface area contributed by atoms with E-state index in [0.717, 1.165) is 12.8 Å². The highest BCUT2D eigenvalue weighted by Crippen LogP contribution is 2.26. The molecule has 4 nitrogen and oxygen atoms in total.